The van der Waals surface area contributed by atoms with Crippen LogP contribution in [0.5, 0.6) is 0 Å². The fraction of sp³-hybridized carbons (Fsp3) is 0.250. The van der Waals surface area contributed by atoms with Crippen LogP contribution in [0.2, 0.25) is 0 Å². The molecule has 5 heteroatoms. The smallest absolute Gasteiger partial charge is 0.129 e. The first-order valence-electron chi connectivity index (χ1n) is 5.07. The van der Waals surface area contributed by atoms with Gasteiger partial charge in [0.05, 0.1) is 9.83 Å². The molecule has 1 aromatic carbocycles. The summed E-state index contributed by atoms with van der Waals surface area (Å²) in [6, 6.07) is 3.92. The van der Waals surface area contributed by atoms with Crippen molar-refractivity contribution in [2.75, 3.05) is 0 Å². The molecule has 17 heavy (non-hydrogen) atoms. The van der Waals surface area contributed by atoms with Crippen LogP contribution in [0, 0.1) is 18.6 Å². The summed E-state index contributed by atoms with van der Waals surface area (Å²) in [5, 5.41) is 0.943. The maximum atomic E-state index is 13.5. The lowest BCUT2D eigenvalue weighted by molar-refractivity contribution is 0.554. The summed E-state index contributed by atoms with van der Waals surface area (Å²) >= 11 is 4.97. The number of halogens is 3. The van der Waals surface area contributed by atoms with Gasteiger partial charge in [0, 0.05) is 16.6 Å². The van der Waals surface area contributed by atoms with Gasteiger partial charge in [-0.3, -0.25) is 0 Å². The molecule has 1 unspecified atom stereocenters. The van der Waals surface area contributed by atoms with E-state index in [4.69, 9.17) is 0 Å². The van der Waals surface area contributed by atoms with E-state index in [1.165, 1.54) is 29.5 Å². The summed E-state index contributed by atoms with van der Waals surface area (Å²) in [6.07, 6.45) is 2.01. The Morgan fingerprint density at radius 2 is 2.00 bits per heavy atom. The lowest BCUT2D eigenvalue weighted by atomic mass is 10.1. The standard InChI is InChI=1S/C12H10BrF2NS/c1-7-16-6-12(17-7)9(13)5-8-10(14)3-2-4-11(8)15/h2-4,6,9H,5H2,1H3. The van der Waals surface area contributed by atoms with E-state index in [-0.39, 0.29) is 16.8 Å². The number of thiazole rings is 1. The first-order chi connectivity index (χ1) is 8.08. The molecule has 2 aromatic rings. The average Bonchev–Trinajstić information content (AvgIpc) is 2.70. The molecule has 0 radical (unpaired) electrons. The Morgan fingerprint density at radius 1 is 1.35 bits per heavy atom. The third kappa shape index (κ3) is 2.90. The van der Waals surface area contributed by atoms with Crippen LogP contribution < -0.4 is 0 Å². The Hall–Kier alpha value is -0.810. The fourth-order valence-electron chi connectivity index (χ4n) is 1.53. The van der Waals surface area contributed by atoms with Crippen LogP contribution in [0.3, 0.4) is 0 Å². The first kappa shape index (κ1) is 12.6. The molecule has 0 aliphatic carbocycles. The van der Waals surface area contributed by atoms with Crippen LogP contribution >= 0.6 is 27.3 Å². The second-order valence-corrected chi connectivity index (χ2v) is 6.03. The molecule has 0 saturated carbocycles. The number of rotatable bonds is 3. The van der Waals surface area contributed by atoms with Crippen molar-refractivity contribution in [1.82, 2.24) is 4.98 Å². The van der Waals surface area contributed by atoms with E-state index in [9.17, 15) is 8.78 Å². The molecule has 0 N–H and O–H groups in total. The Labute approximate surface area is 111 Å². The second-order valence-electron chi connectivity index (χ2n) is 3.65. The topological polar surface area (TPSA) is 12.9 Å². The van der Waals surface area contributed by atoms with Gasteiger partial charge >= 0.3 is 0 Å². The zero-order chi connectivity index (χ0) is 12.4. The molecule has 0 saturated heterocycles. The molecule has 1 nitrogen and oxygen atoms in total. The number of benzene rings is 1. The maximum absolute atomic E-state index is 13.5. The van der Waals surface area contributed by atoms with Gasteiger partial charge in [0.2, 0.25) is 0 Å². The summed E-state index contributed by atoms with van der Waals surface area (Å²) in [4.78, 5) is 4.99. The van der Waals surface area contributed by atoms with E-state index in [1.54, 1.807) is 6.20 Å². The van der Waals surface area contributed by atoms with Crippen molar-refractivity contribution < 1.29 is 8.78 Å². The molecule has 0 fully saturated rings. The number of aryl methyl sites for hydroxylation is 1. The van der Waals surface area contributed by atoms with Crippen LogP contribution in [-0.4, -0.2) is 4.98 Å². The minimum absolute atomic E-state index is 0.111. The third-order valence-corrected chi connectivity index (χ3v) is 4.54. The van der Waals surface area contributed by atoms with Crippen LogP contribution in [0.25, 0.3) is 0 Å². The molecule has 2 rings (SSSR count). The molecule has 1 heterocycles. The first-order valence-corrected chi connectivity index (χ1v) is 6.80. The predicted molar refractivity (Wildman–Crippen MR) is 68.6 cm³/mol. The number of alkyl halides is 1. The monoisotopic (exact) mass is 317 g/mol. The fourth-order valence-corrected chi connectivity index (χ4v) is 3.02. The minimum atomic E-state index is -0.504. The van der Waals surface area contributed by atoms with Crippen molar-refractivity contribution in [3.63, 3.8) is 0 Å². The van der Waals surface area contributed by atoms with E-state index in [0.717, 1.165) is 9.88 Å². The summed E-state index contributed by atoms with van der Waals surface area (Å²) in [5.41, 5.74) is 0.112. The van der Waals surface area contributed by atoms with Crippen LogP contribution in [0.4, 0.5) is 8.78 Å². The van der Waals surface area contributed by atoms with E-state index in [2.05, 4.69) is 20.9 Å². The summed E-state index contributed by atoms with van der Waals surface area (Å²) in [5.74, 6) is -1.01. The van der Waals surface area contributed by atoms with Gasteiger partial charge in [0.25, 0.3) is 0 Å². The van der Waals surface area contributed by atoms with Crippen LogP contribution in [0.15, 0.2) is 24.4 Å². The summed E-state index contributed by atoms with van der Waals surface area (Å²) < 4.78 is 26.9. The lowest BCUT2D eigenvalue weighted by Crippen LogP contribution is -1.99. The van der Waals surface area contributed by atoms with Crippen molar-refractivity contribution in [3.05, 3.63) is 51.5 Å². The quantitative estimate of drug-likeness (QED) is 0.764. The summed E-state index contributed by atoms with van der Waals surface area (Å²) in [6.45, 7) is 1.90. The molecular weight excluding hydrogens is 308 g/mol. The SMILES string of the molecule is Cc1ncc(C(Br)Cc2c(F)cccc2F)s1. The highest BCUT2D eigenvalue weighted by atomic mass is 79.9. The highest BCUT2D eigenvalue weighted by Crippen LogP contribution is 2.32. The van der Waals surface area contributed by atoms with Crippen molar-refractivity contribution in [3.8, 4) is 0 Å². The number of hydrogen-bond acceptors (Lipinski definition) is 2. The van der Waals surface area contributed by atoms with Gasteiger partial charge in [-0.2, -0.15) is 0 Å². The Kier molecular flexibility index (Phi) is 3.89. The minimum Gasteiger partial charge on any atom is -0.250 e. The normalized spacial score (nSPS) is 12.7. The van der Waals surface area contributed by atoms with E-state index in [1.807, 2.05) is 6.92 Å². The molecule has 0 amide bonds. The van der Waals surface area contributed by atoms with Gasteiger partial charge < -0.3 is 0 Å². The van der Waals surface area contributed by atoms with Crippen LogP contribution in [0.1, 0.15) is 20.3 Å². The summed E-state index contributed by atoms with van der Waals surface area (Å²) in [7, 11) is 0. The molecule has 1 atom stereocenters. The molecule has 0 aliphatic rings. The van der Waals surface area contributed by atoms with Gasteiger partial charge in [-0.15, -0.1) is 11.3 Å². The van der Waals surface area contributed by atoms with Gasteiger partial charge in [-0.05, 0) is 25.5 Å². The number of nitrogens with zero attached hydrogens (tertiary/aromatic N) is 1. The number of aromatic nitrogens is 1. The molecular formula is C12H10BrF2NS. The second kappa shape index (κ2) is 5.23. The van der Waals surface area contributed by atoms with E-state index in [0.29, 0.717) is 0 Å². The zero-order valence-corrected chi connectivity index (χ0v) is 11.5. The Morgan fingerprint density at radius 3 is 2.53 bits per heavy atom. The average molecular weight is 318 g/mol. The zero-order valence-electron chi connectivity index (χ0n) is 9.08. The van der Waals surface area contributed by atoms with Crippen LogP contribution in [-0.2, 0) is 6.42 Å². The van der Waals surface area contributed by atoms with Gasteiger partial charge in [0.1, 0.15) is 11.6 Å². The van der Waals surface area contributed by atoms with E-state index >= 15 is 0 Å². The molecule has 90 valence electrons. The highest BCUT2D eigenvalue weighted by molar-refractivity contribution is 9.09. The maximum Gasteiger partial charge on any atom is 0.129 e. The van der Waals surface area contributed by atoms with Gasteiger partial charge in [-0.25, -0.2) is 13.8 Å². The lowest BCUT2D eigenvalue weighted by Gasteiger charge is -2.09. The molecule has 0 bridgehead atoms. The van der Waals surface area contributed by atoms with Gasteiger partial charge in [0.15, 0.2) is 0 Å². The van der Waals surface area contributed by atoms with Crippen molar-refractivity contribution in [1.29, 1.82) is 0 Å². The third-order valence-electron chi connectivity index (χ3n) is 2.39. The van der Waals surface area contributed by atoms with Gasteiger partial charge in [-0.1, -0.05) is 22.0 Å². The van der Waals surface area contributed by atoms with E-state index < -0.39 is 11.6 Å². The Bertz CT molecular complexity index is 507. The van der Waals surface area contributed by atoms with Crippen molar-refractivity contribution in [2.45, 2.75) is 18.2 Å². The highest BCUT2D eigenvalue weighted by Gasteiger charge is 2.16. The van der Waals surface area contributed by atoms with Crippen molar-refractivity contribution >= 4 is 27.3 Å². The largest absolute Gasteiger partial charge is 0.250 e. The Balaban J connectivity index is 2.21. The molecule has 0 aliphatic heterocycles. The molecule has 0 spiro atoms. The predicted octanol–water partition coefficient (Wildman–Crippen LogP) is 4.41. The number of hydrogen-bond donors (Lipinski definition) is 0. The molecule has 1 aromatic heterocycles. The van der Waals surface area contributed by atoms with Crippen molar-refractivity contribution in [2.24, 2.45) is 0 Å².